The van der Waals surface area contributed by atoms with Gasteiger partial charge < -0.3 is 15.3 Å². The van der Waals surface area contributed by atoms with Crippen LogP contribution in [0.3, 0.4) is 0 Å². The molecule has 2 amide bonds. The summed E-state index contributed by atoms with van der Waals surface area (Å²) in [5.41, 5.74) is 0. The number of hydrogen-bond acceptors (Lipinski definition) is 3. The number of carboxylic acid groups (broad SMARTS) is 1. The Morgan fingerprint density at radius 1 is 1.39 bits per heavy atom. The van der Waals surface area contributed by atoms with E-state index in [4.69, 9.17) is 5.11 Å². The van der Waals surface area contributed by atoms with Gasteiger partial charge in [0.1, 0.15) is 12.6 Å². The molecule has 6 heteroatoms. The van der Waals surface area contributed by atoms with Gasteiger partial charge in [0.05, 0.1) is 0 Å². The van der Waals surface area contributed by atoms with E-state index in [2.05, 4.69) is 5.32 Å². The number of carbonyl (C=O) groups is 3. The maximum absolute atomic E-state index is 11.9. The predicted molar refractivity (Wildman–Crippen MR) is 64.8 cm³/mol. The van der Waals surface area contributed by atoms with Crippen molar-refractivity contribution in [1.29, 1.82) is 0 Å². The fourth-order valence-electron chi connectivity index (χ4n) is 2.08. The Kier molecular flexibility index (Phi) is 5.12. The standard InChI is InChI=1S/C12H20N2O4/c1-8(2)6-10(15)14-5-3-4-9(14)12(18)13-7-11(16)17/h8-9H,3-7H2,1-2H3,(H,13,18)(H,16,17)/t9-/m0/s1. The highest BCUT2D eigenvalue weighted by Gasteiger charge is 2.33. The Bertz CT molecular complexity index is 341. The lowest BCUT2D eigenvalue weighted by Gasteiger charge is -2.24. The van der Waals surface area contributed by atoms with Crippen molar-refractivity contribution in [2.24, 2.45) is 5.92 Å². The smallest absolute Gasteiger partial charge is 0.322 e. The van der Waals surface area contributed by atoms with Crippen molar-refractivity contribution in [3.05, 3.63) is 0 Å². The molecule has 0 unspecified atom stereocenters. The van der Waals surface area contributed by atoms with Gasteiger partial charge in [-0.15, -0.1) is 0 Å². The normalized spacial score (nSPS) is 19.1. The highest BCUT2D eigenvalue weighted by atomic mass is 16.4. The zero-order valence-corrected chi connectivity index (χ0v) is 10.8. The number of amides is 2. The molecule has 1 aliphatic heterocycles. The Morgan fingerprint density at radius 3 is 2.61 bits per heavy atom. The van der Waals surface area contributed by atoms with Crippen molar-refractivity contribution in [2.45, 2.75) is 39.2 Å². The van der Waals surface area contributed by atoms with E-state index in [1.807, 2.05) is 13.8 Å². The second-order valence-corrected chi connectivity index (χ2v) is 4.95. The van der Waals surface area contributed by atoms with Crippen LogP contribution >= 0.6 is 0 Å². The van der Waals surface area contributed by atoms with E-state index in [0.29, 0.717) is 19.4 Å². The van der Waals surface area contributed by atoms with E-state index in [9.17, 15) is 14.4 Å². The monoisotopic (exact) mass is 256 g/mol. The minimum atomic E-state index is -1.08. The molecule has 102 valence electrons. The van der Waals surface area contributed by atoms with Gasteiger partial charge in [0.2, 0.25) is 11.8 Å². The number of aliphatic carboxylic acids is 1. The Labute approximate surface area is 106 Å². The van der Waals surface area contributed by atoms with Crippen molar-refractivity contribution in [3.63, 3.8) is 0 Å². The summed E-state index contributed by atoms with van der Waals surface area (Å²) in [5, 5.41) is 10.8. The van der Waals surface area contributed by atoms with Crippen LogP contribution in [0, 0.1) is 5.92 Å². The largest absolute Gasteiger partial charge is 0.480 e. The first-order valence-electron chi connectivity index (χ1n) is 6.20. The van der Waals surface area contributed by atoms with Gasteiger partial charge in [0.15, 0.2) is 0 Å². The van der Waals surface area contributed by atoms with E-state index < -0.39 is 18.6 Å². The van der Waals surface area contributed by atoms with Gasteiger partial charge in [0.25, 0.3) is 0 Å². The molecule has 0 saturated carbocycles. The molecule has 0 aromatic heterocycles. The quantitative estimate of drug-likeness (QED) is 0.737. The molecule has 0 aliphatic carbocycles. The molecule has 0 spiro atoms. The number of rotatable bonds is 5. The third kappa shape index (κ3) is 4.01. The van der Waals surface area contributed by atoms with Gasteiger partial charge in [-0.05, 0) is 18.8 Å². The molecule has 2 N–H and O–H groups in total. The average Bonchev–Trinajstić information content (AvgIpc) is 2.73. The van der Waals surface area contributed by atoms with Crippen LogP contribution in [0.25, 0.3) is 0 Å². The summed E-state index contributed by atoms with van der Waals surface area (Å²) in [6, 6.07) is -0.504. The van der Waals surface area contributed by atoms with Crippen LogP contribution in [0.15, 0.2) is 0 Å². The summed E-state index contributed by atoms with van der Waals surface area (Å²) >= 11 is 0. The minimum Gasteiger partial charge on any atom is -0.480 e. The molecular weight excluding hydrogens is 236 g/mol. The molecular formula is C12H20N2O4. The van der Waals surface area contributed by atoms with E-state index in [-0.39, 0.29) is 17.7 Å². The van der Waals surface area contributed by atoms with Gasteiger partial charge in [-0.2, -0.15) is 0 Å². The maximum atomic E-state index is 11.9. The van der Waals surface area contributed by atoms with Crippen LogP contribution < -0.4 is 5.32 Å². The first-order chi connectivity index (χ1) is 8.41. The molecule has 0 aromatic rings. The van der Waals surface area contributed by atoms with E-state index in [1.165, 1.54) is 0 Å². The number of nitrogens with one attached hydrogen (secondary N) is 1. The van der Waals surface area contributed by atoms with Crippen molar-refractivity contribution in [1.82, 2.24) is 10.2 Å². The van der Waals surface area contributed by atoms with Gasteiger partial charge >= 0.3 is 5.97 Å². The van der Waals surface area contributed by atoms with Crippen LogP contribution in [-0.2, 0) is 14.4 Å². The molecule has 1 atom stereocenters. The third-order valence-electron chi connectivity index (χ3n) is 2.87. The van der Waals surface area contributed by atoms with Crippen molar-refractivity contribution >= 4 is 17.8 Å². The SMILES string of the molecule is CC(C)CC(=O)N1CCC[C@H]1C(=O)NCC(=O)O. The van der Waals surface area contributed by atoms with Crippen LogP contribution in [0.1, 0.15) is 33.1 Å². The fourth-order valence-corrected chi connectivity index (χ4v) is 2.08. The predicted octanol–water partition coefficient (Wildman–Crippen LogP) is 0.224. The van der Waals surface area contributed by atoms with Gasteiger partial charge in [-0.25, -0.2) is 0 Å². The van der Waals surface area contributed by atoms with E-state index >= 15 is 0 Å². The summed E-state index contributed by atoms with van der Waals surface area (Å²) in [7, 11) is 0. The summed E-state index contributed by atoms with van der Waals surface area (Å²) in [6.07, 6.45) is 1.81. The molecule has 0 radical (unpaired) electrons. The van der Waals surface area contributed by atoms with Crippen LogP contribution in [0.4, 0.5) is 0 Å². The molecule has 18 heavy (non-hydrogen) atoms. The maximum Gasteiger partial charge on any atom is 0.322 e. The number of hydrogen-bond donors (Lipinski definition) is 2. The molecule has 1 rings (SSSR count). The lowest BCUT2D eigenvalue weighted by atomic mass is 10.1. The fraction of sp³-hybridized carbons (Fsp3) is 0.750. The molecule has 6 nitrogen and oxygen atoms in total. The van der Waals surface area contributed by atoms with Gasteiger partial charge in [-0.3, -0.25) is 14.4 Å². The van der Waals surface area contributed by atoms with E-state index in [0.717, 1.165) is 6.42 Å². The molecule has 0 aromatic carbocycles. The number of carboxylic acids is 1. The molecule has 1 aliphatic rings. The number of carbonyl (C=O) groups excluding carboxylic acids is 2. The highest BCUT2D eigenvalue weighted by molar-refractivity contribution is 5.89. The van der Waals surface area contributed by atoms with Crippen molar-refractivity contribution in [3.8, 4) is 0 Å². The third-order valence-corrected chi connectivity index (χ3v) is 2.87. The van der Waals surface area contributed by atoms with Gasteiger partial charge in [-0.1, -0.05) is 13.8 Å². The second-order valence-electron chi connectivity index (χ2n) is 4.95. The molecule has 1 heterocycles. The van der Waals surface area contributed by atoms with Gasteiger partial charge in [0, 0.05) is 13.0 Å². The Hall–Kier alpha value is -1.59. The zero-order valence-electron chi connectivity index (χ0n) is 10.8. The summed E-state index contributed by atoms with van der Waals surface area (Å²) in [6.45, 7) is 4.08. The van der Waals surface area contributed by atoms with Crippen LogP contribution in [-0.4, -0.2) is 46.9 Å². The summed E-state index contributed by atoms with van der Waals surface area (Å²) in [5.74, 6) is -1.23. The second kappa shape index (κ2) is 6.37. The summed E-state index contributed by atoms with van der Waals surface area (Å²) in [4.78, 5) is 35.7. The van der Waals surface area contributed by atoms with Crippen molar-refractivity contribution < 1.29 is 19.5 Å². The first kappa shape index (κ1) is 14.5. The highest BCUT2D eigenvalue weighted by Crippen LogP contribution is 2.19. The van der Waals surface area contributed by atoms with E-state index in [1.54, 1.807) is 4.90 Å². The van der Waals surface area contributed by atoms with Crippen LogP contribution in [0.5, 0.6) is 0 Å². The molecule has 1 fully saturated rings. The van der Waals surface area contributed by atoms with Crippen LogP contribution in [0.2, 0.25) is 0 Å². The van der Waals surface area contributed by atoms with Crippen molar-refractivity contribution in [2.75, 3.05) is 13.1 Å². The lowest BCUT2D eigenvalue weighted by molar-refractivity contribution is -0.141. The minimum absolute atomic E-state index is 0.0297. The summed E-state index contributed by atoms with van der Waals surface area (Å²) < 4.78 is 0. The topological polar surface area (TPSA) is 86.7 Å². The zero-order chi connectivity index (χ0) is 13.7. The number of likely N-dealkylation sites (tertiary alicyclic amines) is 1. The number of nitrogens with zero attached hydrogens (tertiary/aromatic N) is 1. The Balaban J connectivity index is 2.55. The first-order valence-corrected chi connectivity index (χ1v) is 6.20. The molecule has 0 bridgehead atoms. The Morgan fingerprint density at radius 2 is 2.06 bits per heavy atom. The lowest BCUT2D eigenvalue weighted by Crippen LogP contribution is -2.47. The average molecular weight is 256 g/mol. The molecule has 1 saturated heterocycles.